The van der Waals surface area contributed by atoms with Crippen LogP contribution in [0.5, 0.6) is 0 Å². The van der Waals surface area contributed by atoms with Crippen LogP contribution in [0.2, 0.25) is 0 Å². The lowest BCUT2D eigenvalue weighted by Crippen LogP contribution is -2.64. The lowest BCUT2D eigenvalue weighted by Gasteiger charge is -2.45. The molecule has 0 aromatic heterocycles. The van der Waals surface area contributed by atoms with Gasteiger partial charge in [0.25, 0.3) is 5.91 Å². The van der Waals surface area contributed by atoms with E-state index in [4.69, 9.17) is 9.47 Å². The van der Waals surface area contributed by atoms with Crippen LogP contribution in [-0.4, -0.2) is 35.8 Å². The van der Waals surface area contributed by atoms with Gasteiger partial charge >= 0.3 is 6.03 Å². The molecule has 0 saturated carbocycles. The summed E-state index contributed by atoms with van der Waals surface area (Å²) in [5.74, 6) is -0.360. The van der Waals surface area contributed by atoms with Crippen LogP contribution in [0.3, 0.4) is 0 Å². The van der Waals surface area contributed by atoms with E-state index in [0.29, 0.717) is 13.2 Å². The van der Waals surface area contributed by atoms with Gasteiger partial charge in [-0.2, -0.15) is 0 Å². The largest absolute Gasteiger partial charge is 0.353 e. The molecule has 1 heterocycles. The smallest absolute Gasteiger partial charge is 0.325 e. The van der Waals surface area contributed by atoms with E-state index in [0.717, 1.165) is 11.1 Å². The number of urea groups is 1. The quantitative estimate of drug-likeness (QED) is 0.602. The van der Waals surface area contributed by atoms with Crippen molar-refractivity contribution in [2.75, 3.05) is 6.61 Å². The van der Waals surface area contributed by atoms with Gasteiger partial charge in [-0.15, -0.1) is 0 Å². The van der Waals surface area contributed by atoms with E-state index in [1.54, 1.807) is 6.92 Å². The maximum atomic E-state index is 12.7. The second-order valence-corrected chi connectivity index (χ2v) is 6.29. The lowest BCUT2D eigenvalue weighted by molar-refractivity contribution is -0.208. The third-order valence-corrected chi connectivity index (χ3v) is 4.43. The van der Waals surface area contributed by atoms with E-state index >= 15 is 0 Å². The zero-order valence-corrected chi connectivity index (χ0v) is 15.5. The maximum absolute atomic E-state index is 12.7. The van der Waals surface area contributed by atoms with Gasteiger partial charge in [-0.3, -0.25) is 9.69 Å². The fourth-order valence-corrected chi connectivity index (χ4v) is 3.13. The van der Waals surface area contributed by atoms with Crippen molar-refractivity contribution in [3.63, 3.8) is 0 Å². The molecular formula is C21H24N2O4. The first kappa shape index (κ1) is 19.1. The molecule has 1 saturated heterocycles. The molecule has 1 aliphatic rings. The third kappa shape index (κ3) is 4.35. The summed E-state index contributed by atoms with van der Waals surface area (Å²) in [4.78, 5) is 26.5. The van der Waals surface area contributed by atoms with Crippen LogP contribution in [0.25, 0.3) is 0 Å². The Balaban J connectivity index is 1.72. The van der Waals surface area contributed by atoms with Crippen molar-refractivity contribution in [1.82, 2.24) is 10.2 Å². The van der Waals surface area contributed by atoms with Gasteiger partial charge in [0.05, 0.1) is 0 Å². The highest BCUT2D eigenvalue weighted by atomic mass is 16.7. The number of ether oxygens (including phenoxy) is 2. The number of nitrogens with zero attached hydrogens (tertiary/aromatic N) is 1. The Bertz CT molecular complexity index is 766. The zero-order valence-electron chi connectivity index (χ0n) is 15.5. The molecule has 0 bridgehead atoms. The molecule has 3 unspecified atom stereocenters. The van der Waals surface area contributed by atoms with Crippen LogP contribution in [0.15, 0.2) is 60.7 Å². The molecule has 1 fully saturated rings. The number of carbonyl (C=O) groups excluding carboxylic acids is 2. The second-order valence-electron chi connectivity index (χ2n) is 6.29. The summed E-state index contributed by atoms with van der Waals surface area (Å²) in [5.41, 5.74) is 1.81. The lowest BCUT2D eigenvalue weighted by atomic mass is 9.91. The van der Waals surface area contributed by atoms with E-state index < -0.39 is 24.5 Å². The van der Waals surface area contributed by atoms with Crippen molar-refractivity contribution < 1.29 is 19.1 Å². The summed E-state index contributed by atoms with van der Waals surface area (Å²) >= 11 is 0. The van der Waals surface area contributed by atoms with Crippen LogP contribution < -0.4 is 5.32 Å². The SMILES string of the molecule is CCOC(C)OC1C(=O)N(C(=O)NCc2ccccc2)C1c1ccccc1. The molecule has 6 heteroatoms. The Hall–Kier alpha value is -2.70. The molecule has 6 nitrogen and oxygen atoms in total. The molecule has 27 heavy (non-hydrogen) atoms. The molecule has 3 atom stereocenters. The topological polar surface area (TPSA) is 67.9 Å². The molecule has 1 aliphatic heterocycles. The van der Waals surface area contributed by atoms with Crippen molar-refractivity contribution in [3.05, 3.63) is 71.8 Å². The van der Waals surface area contributed by atoms with Gasteiger partial charge in [-0.1, -0.05) is 60.7 Å². The summed E-state index contributed by atoms with van der Waals surface area (Å²) in [7, 11) is 0. The van der Waals surface area contributed by atoms with Gasteiger partial charge in [0.1, 0.15) is 6.04 Å². The zero-order chi connectivity index (χ0) is 19.2. The van der Waals surface area contributed by atoms with Crippen LogP contribution in [0.1, 0.15) is 31.0 Å². The normalized spacial score (nSPS) is 20.1. The minimum absolute atomic E-state index is 0.353. The number of carbonyl (C=O) groups is 2. The Morgan fingerprint density at radius 1 is 1.11 bits per heavy atom. The van der Waals surface area contributed by atoms with Crippen LogP contribution in [0.4, 0.5) is 4.79 Å². The highest BCUT2D eigenvalue weighted by Crippen LogP contribution is 2.37. The standard InChI is InChI=1S/C21H24N2O4/c1-3-26-15(2)27-19-18(17-12-8-5-9-13-17)23(20(19)24)21(25)22-14-16-10-6-4-7-11-16/h4-13,15,18-19H,3,14H2,1-2H3,(H,22,25). The van der Waals surface area contributed by atoms with Crippen LogP contribution in [-0.2, 0) is 20.8 Å². The number of β-lactam (4-membered cyclic amide) rings is 1. The number of rotatable bonds is 7. The third-order valence-electron chi connectivity index (χ3n) is 4.43. The highest BCUT2D eigenvalue weighted by Gasteiger charge is 2.53. The van der Waals surface area contributed by atoms with E-state index in [-0.39, 0.29) is 5.91 Å². The van der Waals surface area contributed by atoms with E-state index in [1.165, 1.54) is 4.90 Å². The molecule has 0 aliphatic carbocycles. The van der Waals surface area contributed by atoms with Crippen molar-refractivity contribution in [3.8, 4) is 0 Å². The second kappa shape index (κ2) is 8.79. The van der Waals surface area contributed by atoms with Crippen molar-refractivity contribution in [2.24, 2.45) is 0 Å². The van der Waals surface area contributed by atoms with E-state index in [2.05, 4.69) is 5.32 Å². The fraction of sp³-hybridized carbons (Fsp3) is 0.333. The van der Waals surface area contributed by atoms with Crippen LogP contribution >= 0.6 is 0 Å². The average Bonchev–Trinajstić information content (AvgIpc) is 2.70. The fourth-order valence-electron chi connectivity index (χ4n) is 3.13. The van der Waals surface area contributed by atoms with Gasteiger partial charge in [-0.25, -0.2) is 4.79 Å². The Morgan fingerprint density at radius 3 is 2.37 bits per heavy atom. The monoisotopic (exact) mass is 368 g/mol. The molecule has 2 aromatic rings. The van der Waals surface area contributed by atoms with Gasteiger partial charge < -0.3 is 14.8 Å². The Kier molecular flexibility index (Phi) is 6.21. The number of hydrogen-bond acceptors (Lipinski definition) is 4. The minimum atomic E-state index is -0.739. The summed E-state index contributed by atoms with van der Waals surface area (Å²) in [6, 6.07) is 18.1. The molecule has 3 rings (SSSR count). The van der Waals surface area contributed by atoms with Gasteiger partial charge in [0, 0.05) is 13.2 Å². The summed E-state index contributed by atoms with van der Waals surface area (Å²) in [6.07, 6.45) is -1.26. The predicted molar refractivity (Wildman–Crippen MR) is 101 cm³/mol. The number of amides is 3. The average molecular weight is 368 g/mol. The molecular weight excluding hydrogens is 344 g/mol. The van der Waals surface area contributed by atoms with E-state index in [1.807, 2.05) is 67.6 Å². The molecule has 0 radical (unpaired) electrons. The number of nitrogens with one attached hydrogen (secondary N) is 1. The highest BCUT2D eigenvalue weighted by molar-refractivity contribution is 6.03. The van der Waals surface area contributed by atoms with Crippen molar-refractivity contribution in [2.45, 2.75) is 38.8 Å². The predicted octanol–water partition coefficient (Wildman–Crippen LogP) is 3.25. The first-order valence-electron chi connectivity index (χ1n) is 9.08. The van der Waals surface area contributed by atoms with Crippen molar-refractivity contribution >= 4 is 11.9 Å². The van der Waals surface area contributed by atoms with Crippen LogP contribution in [0, 0.1) is 0 Å². The summed E-state index contributed by atoms with van der Waals surface area (Å²) in [5, 5.41) is 2.81. The van der Waals surface area contributed by atoms with E-state index in [9.17, 15) is 9.59 Å². The first-order chi connectivity index (χ1) is 13.1. The molecule has 0 spiro atoms. The number of hydrogen-bond donors (Lipinski definition) is 1. The number of imide groups is 1. The number of likely N-dealkylation sites (tertiary alicyclic amines) is 1. The van der Waals surface area contributed by atoms with Gasteiger partial charge in [-0.05, 0) is 25.0 Å². The van der Waals surface area contributed by atoms with Crippen molar-refractivity contribution in [1.29, 1.82) is 0 Å². The number of benzene rings is 2. The van der Waals surface area contributed by atoms with Gasteiger partial charge in [0.15, 0.2) is 12.4 Å². The minimum Gasteiger partial charge on any atom is -0.353 e. The maximum Gasteiger partial charge on any atom is 0.325 e. The first-order valence-corrected chi connectivity index (χ1v) is 9.08. The molecule has 2 aromatic carbocycles. The summed E-state index contributed by atoms with van der Waals surface area (Å²) < 4.78 is 11.1. The molecule has 3 amide bonds. The van der Waals surface area contributed by atoms with Gasteiger partial charge in [0.2, 0.25) is 0 Å². The Morgan fingerprint density at radius 2 is 1.74 bits per heavy atom. The molecule has 142 valence electrons. The molecule has 1 N–H and O–H groups in total. The summed E-state index contributed by atoms with van der Waals surface area (Å²) in [6.45, 7) is 4.45. The Labute approximate surface area is 159 Å².